The maximum atomic E-state index is 13.6. The van der Waals surface area contributed by atoms with Gasteiger partial charge in [0.25, 0.3) is 0 Å². The summed E-state index contributed by atoms with van der Waals surface area (Å²) in [6, 6.07) is 16.2. The van der Waals surface area contributed by atoms with Crippen LogP contribution in [-0.4, -0.2) is 42.2 Å². The molecule has 6 rings (SSSR count). The Morgan fingerprint density at radius 1 is 1.00 bits per heavy atom. The number of para-hydroxylation sites is 1. The molecule has 1 saturated heterocycles. The molecule has 0 bridgehead atoms. The van der Waals surface area contributed by atoms with Crippen LogP contribution in [0.4, 0.5) is 0 Å². The summed E-state index contributed by atoms with van der Waals surface area (Å²) in [6.45, 7) is 13.6. The standard InChI is InChI=1S/C34H44N2O2/c1-23(2)24-14-15-27-26(22-24)30-29(31-33(27,3)16-11-17-34(31,4)32(37)38-5)25-12-7-8-13-28(25)36(30)21-20-35-18-9-6-10-19-35/h7-8,12-15,22-23,31H,6,9-11,16-21H2,1-5H3/t31-,33-,34-/m1/s1. The molecule has 0 spiro atoms. The van der Waals surface area contributed by atoms with E-state index in [0.29, 0.717) is 5.92 Å². The number of esters is 1. The largest absolute Gasteiger partial charge is 0.469 e. The Balaban J connectivity index is 1.63. The van der Waals surface area contributed by atoms with E-state index >= 15 is 0 Å². The molecule has 0 N–H and O–H groups in total. The van der Waals surface area contributed by atoms with Gasteiger partial charge in [-0.3, -0.25) is 4.79 Å². The zero-order valence-electron chi connectivity index (χ0n) is 24.0. The lowest BCUT2D eigenvalue weighted by atomic mass is 9.49. The van der Waals surface area contributed by atoms with Crippen molar-refractivity contribution in [1.82, 2.24) is 9.47 Å². The van der Waals surface area contributed by atoms with E-state index in [9.17, 15) is 4.79 Å². The number of hydrogen-bond acceptors (Lipinski definition) is 3. The van der Waals surface area contributed by atoms with Crippen LogP contribution in [0.3, 0.4) is 0 Å². The quantitative estimate of drug-likeness (QED) is 0.330. The third kappa shape index (κ3) is 3.78. The van der Waals surface area contributed by atoms with Crippen molar-refractivity contribution in [3.05, 3.63) is 59.2 Å². The highest BCUT2D eigenvalue weighted by atomic mass is 16.5. The number of fused-ring (bicyclic) bond motifs is 8. The SMILES string of the molecule is COC(=O)[C@]1(C)CCC[C@]2(C)c3ccc(C(C)C)cc3-c3c(c4ccccc4n3CCN3CCCCC3)[C@@H]12. The van der Waals surface area contributed by atoms with Crippen LogP contribution in [0.25, 0.3) is 22.2 Å². The molecule has 3 aromatic rings. The molecule has 0 unspecified atom stereocenters. The predicted molar refractivity (Wildman–Crippen MR) is 156 cm³/mol. The van der Waals surface area contributed by atoms with Gasteiger partial charge in [0.1, 0.15) is 0 Å². The number of aromatic nitrogens is 1. The van der Waals surface area contributed by atoms with Crippen LogP contribution in [0.2, 0.25) is 0 Å². The average Bonchev–Trinajstić information content (AvgIpc) is 3.25. The second-order valence-corrected chi connectivity index (χ2v) is 12.9. The zero-order chi connectivity index (χ0) is 26.7. The minimum absolute atomic E-state index is 0.0632. The number of hydrogen-bond donors (Lipinski definition) is 0. The fraction of sp³-hybridized carbons (Fsp3) is 0.559. The molecular weight excluding hydrogens is 468 g/mol. The summed E-state index contributed by atoms with van der Waals surface area (Å²) < 4.78 is 8.14. The van der Waals surface area contributed by atoms with Gasteiger partial charge in [0, 0.05) is 40.9 Å². The van der Waals surface area contributed by atoms with Crippen LogP contribution in [0, 0.1) is 5.41 Å². The van der Waals surface area contributed by atoms with Crippen molar-refractivity contribution in [1.29, 1.82) is 0 Å². The Morgan fingerprint density at radius 3 is 2.50 bits per heavy atom. The maximum Gasteiger partial charge on any atom is 0.312 e. The molecule has 0 radical (unpaired) electrons. The molecular formula is C34H44N2O2. The van der Waals surface area contributed by atoms with Crippen molar-refractivity contribution in [3.8, 4) is 11.3 Å². The van der Waals surface area contributed by atoms with E-state index in [0.717, 1.165) is 32.4 Å². The molecule has 3 aliphatic rings. The van der Waals surface area contributed by atoms with Gasteiger partial charge >= 0.3 is 5.97 Å². The number of rotatable bonds is 5. The van der Waals surface area contributed by atoms with Crippen molar-refractivity contribution >= 4 is 16.9 Å². The Bertz CT molecular complexity index is 1360. The van der Waals surface area contributed by atoms with Crippen LogP contribution in [0.5, 0.6) is 0 Å². The van der Waals surface area contributed by atoms with Gasteiger partial charge in [-0.15, -0.1) is 0 Å². The summed E-state index contributed by atoms with van der Waals surface area (Å²) in [7, 11) is 1.56. The third-order valence-corrected chi connectivity index (χ3v) is 10.3. The van der Waals surface area contributed by atoms with E-state index in [1.807, 2.05) is 0 Å². The van der Waals surface area contributed by atoms with Crippen molar-refractivity contribution in [2.45, 2.75) is 90.0 Å². The Morgan fingerprint density at radius 2 is 1.76 bits per heavy atom. The van der Waals surface area contributed by atoms with Crippen LogP contribution in [0.1, 0.15) is 94.7 Å². The lowest BCUT2D eigenvalue weighted by Crippen LogP contribution is -2.50. The molecule has 2 fully saturated rings. The summed E-state index contributed by atoms with van der Waals surface area (Å²) in [4.78, 5) is 16.2. The van der Waals surface area contributed by atoms with Gasteiger partial charge < -0.3 is 14.2 Å². The van der Waals surface area contributed by atoms with Gasteiger partial charge in [0.05, 0.1) is 18.2 Å². The second-order valence-electron chi connectivity index (χ2n) is 12.9. The Kier molecular flexibility index (Phi) is 6.45. The van der Waals surface area contributed by atoms with Crippen LogP contribution < -0.4 is 0 Å². The second kappa shape index (κ2) is 9.55. The van der Waals surface area contributed by atoms with E-state index in [-0.39, 0.29) is 17.3 Å². The van der Waals surface area contributed by atoms with Gasteiger partial charge in [0.2, 0.25) is 0 Å². The number of methoxy groups -OCH3 is 1. The highest BCUT2D eigenvalue weighted by molar-refractivity contribution is 5.96. The smallest absolute Gasteiger partial charge is 0.312 e. The maximum absolute atomic E-state index is 13.6. The molecule has 2 aliphatic carbocycles. The van der Waals surface area contributed by atoms with Crippen LogP contribution in [0.15, 0.2) is 42.5 Å². The summed E-state index contributed by atoms with van der Waals surface area (Å²) >= 11 is 0. The number of piperidine rings is 1. The molecule has 2 aromatic carbocycles. The molecule has 4 heteroatoms. The van der Waals surface area contributed by atoms with Crippen LogP contribution >= 0.6 is 0 Å². The highest BCUT2D eigenvalue weighted by Gasteiger charge is 2.58. The molecule has 38 heavy (non-hydrogen) atoms. The molecule has 3 atom stereocenters. The van der Waals surface area contributed by atoms with E-state index < -0.39 is 5.41 Å². The molecule has 2 heterocycles. The topological polar surface area (TPSA) is 34.5 Å². The molecule has 1 aromatic heterocycles. The minimum atomic E-state index is -0.563. The lowest BCUT2D eigenvalue weighted by Gasteiger charge is -2.54. The van der Waals surface area contributed by atoms with Gasteiger partial charge in [-0.25, -0.2) is 0 Å². The predicted octanol–water partition coefficient (Wildman–Crippen LogP) is 7.64. The van der Waals surface area contributed by atoms with Crippen molar-refractivity contribution in [2.24, 2.45) is 5.41 Å². The first-order valence-electron chi connectivity index (χ1n) is 14.9. The number of carbonyl (C=O) groups excluding carboxylic acids is 1. The fourth-order valence-electron chi connectivity index (χ4n) is 8.38. The lowest BCUT2D eigenvalue weighted by molar-refractivity contribution is -0.157. The molecule has 1 saturated carbocycles. The first kappa shape index (κ1) is 25.7. The van der Waals surface area contributed by atoms with Crippen molar-refractivity contribution in [2.75, 3.05) is 26.7 Å². The number of carbonyl (C=O) groups is 1. The van der Waals surface area contributed by atoms with E-state index in [1.165, 1.54) is 71.2 Å². The van der Waals surface area contributed by atoms with E-state index in [1.54, 1.807) is 7.11 Å². The summed E-state index contributed by atoms with van der Waals surface area (Å²) in [5.41, 5.74) is 7.52. The first-order valence-corrected chi connectivity index (χ1v) is 14.9. The van der Waals surface area contributed by atoms with Crippen molar-refractivity contribution in [3.63, 3.8) is 0 Å². The normalized spacial score (nSPS) is 27.2. The fourth-order valence-corrected chi connectivity index (χ4v) is 8.38. The molecule has 202 valence electrons. The monoisotopic (exact) mass is 512 g/mol. The average molecular weight is 513 g/mol. The van der Waals surface area contributed by atoms with E-state index in [4.69, 9.17) is 4.74 Å². The third-order valence-electron chi connectivity index (χ3n) is 10.3. The summed E-state index contributed by atoms with van der Waals surface area (Å²) in [5.74, 6) is 0.476. The van der Waals surface area contributed by atoms with Crippen molar-refractivity contribution < 1.29 is 9.53 Å². The first-order chi connectivity index (χ1) is 18.3. The number of ether oxygens (including phenoxy) is 1. The molecule has 4 nitrogen and oxygen atoms in total. The molecule has 1 aliphatic heterocycles. The van der Waals surface area contributed by atoms with Gasteiger partial charge in [-0.1, -0.05) is 63.9 Å². The van der Waals surface area contributed by atoms with Gasteiger partial charge in [0.15, 0.2) is 0 Å². The zero-order valence-corrected chi connectivity index (χ0v) is 24.0. The number of benzene rings is 2. The highest BCUT2D eigenvalue weighted by Crippen LogP contribution is 2.65. The number of nitrogens with zero attached hydrogens (tertiary/aromatic N) is 2. The number of likely N-dealkylation sites (tertiary alicyclic amines) is 1. The van der Waals surface area contributed by atoms with Crippen LogP contribution in [-0.2, 0) is 21.5 Å². The van der Waals surface area contributed by atoms with Gasteiger partial charge in [-0.05, 0) is 80.4 Å². The van der Waals surface area contributed by atoms with E-state index in [2.05, 4.69) is 79.6 Å². The Hall–Kier alpha value is -2.59. The molecule has 0 amide bonds. The van der Waals surface area contributed by atoms with Gasteiger partial charge in [-0.2, -0.15) is 0 Å². The Labute approximate surface area is 228 Å². The summed E-state index contributed by atoms with van der Waals surface area (Å²) in [6.07, 6.45) is 6.96. The minimum Gasteiger partial charge on any atom is -0.469 e. The summed E-state index contributed by atoms with van der Waals surface area (Å²) in [5, 5.41) is 1.31.